The number of aromatic nitrogens is 4. The number of H-pyrrole nitrogens is 1. The van der Waals surface area contributed by atoms with E-state index in [0.717, 1.165) is 6.07 Å². The normalized spacial score (nSPS) is 10.7. The van der Waals surface area contributed by atoms with Crippen LogP contribution in [0, 0.1) is 10.1 Å². The largest absolute Gasteiger partial charge is 0.476 e. The highest BCUT2D eigenvalue weighted by molar-refractivity contribution is 5.99. The van der Waals surface area contributed by atoms with Gasteiger partial charge in [-0.05, 0) is 25.1 Å². The molecule has 0 radical (unpaired) electrons. The number of ether oxygens (including phenoxy) is 2. The molecule has 2 aromatic heterocycles. The van der Waals surface area contributed by atoms with Gasteiger partial charge in [0, 0.05) is 12.3 Å². The fraction of sp³-hybridized carbons (Fsp3) is 0.130. The van der Waals surface area contributed by atoms with Crippen molar-refractivity contribution in [2.45, 2.75) is 13.5 Å². The Bertz CT molecular complexity index is 1640. The number of anilines is 1. The number of aromatic carboxylic acids is 1. The summed E-state index contributed by atoms with van der Waals surface area (Å²) in [5.74, 6) is -2.17. The molecule has 0 spiro atoms. The van der Waals surface area contributed by atoms with Crippen LogP contribution in [0.3, 0.4) is 0 Å². The number of fused-ring (bicyclic) bond motifs is 1. The van der Waals surface area contributed by atoms with Crippen LogP contribution in [0.2, 0.25) is 0 Å². The first-order valence-corrected chi connectivity index (χ1v) is 10.9. The van der Waals surface area contributed by atoms with Crippen LogP contribution in [0.4, 0.5) is 16.2 Å². The number of esters is 1. The minimum atomic E-state index is -1.56. The Morgan fingerprint density at radius 2 is 1.97 bits per heavy atom. The molecule has 3 N–H and O–H groups in total. The summed E-state index contributed by atoms with van der Waals surface area (Å²) in [6, 6.07) is 8.47. The number of nitrogens with zero attached hydrogens (tertiary/aromatic N) is 4. The van der Waals surface area contributed by atoms with E-state index in [0.29, 0.717) is 0 Å². The van der Waals surface area contributed by atoms with Crippen LogP contribution in [0.5, 0.6) is 0 Å². The second kappa shape index (κ2) is 10.6. The van der Waals surface area contributed by atoms with Crippen molar-refractivity contribution in [1.29, 1.82) is 0 Å². The molecule has 38 heavy (non-hydrogen) atoms. The van der Waals surface area contributed by atoms with Gasteiger partial charge in [-0.25, -0.2) is 24.4 Å². The van der Waals surface area contributed by atoms with Crippen LogP contribution in [0.15, 0.2) is 53.7 Å². The highest BCUT2D eigenvalue weighted by Gasteiger charge is 2.21. The zero-order valence-electron chi connectivity index (χ0n) is 19.5. The third kappa shape index (κ3) is 5.30. The number of nitrogens with one attached hydrogen (secondary N) is 2. The van der Waals surface area contributed by atoms with Gasteiger partial charge in [-0.2, -0.15) is 0 Å². The SMILES string of the molecule is CCOC(=O)c1ccccc1NC(=O)OCc1cn(-c2cc3nc(C(=O)O)c(=O)[nH]c3cc2[N+](=O)[O-])cn1. The highest BCUT2D eigenvalue weighted by atomic mass is 16.6. The van der Waals surface area contributed by atoms with Gasteiger partial charge < -0.3 is 19.6 Å². The molecule has 0 aliphatic rings. The topological polar surface area (TPSA) is 209 Å². The van der Waals surface area contributed by atoms with Gasteiger partial charge in [-0.3, -0.25) is 24.8 Å². The number of benzene rings is 2. The van der Waals surface area contributed by atoms with Gasteiger partial charge in [0.1, 0.15) is 12.3 Å². The molecule has 0 aliphatic carbocycles. The number of imidazole rings is 1. The molecule has 2 aromatic carbocycles. The molecule has 0 fully saturated rings. The molecular weight excluding hydrogens is 504 g/mol. The van der Waals surface area contributed by atoms with E-state index in [9.17, 15) is 29.3 Å². The van der Waals surface area contributed by atoms with Crippen LogP contribution in [-0.2, 0) is 16.1 Å². The molecule has 0 unspecified atom stereocenters. The molecule has 194 valence electrons. The van der Waals surface area contributed by atoms with Crippen molar-refractivity contribution in [1.82, 2.24) is 19.5 Å². The number of hydrogen-bond acceptors (Lipinski definition) is 10. The minimum absolute atomic E-state index is 0.00579. The van der Waals surface area contributed by atoms with Crippen molar-refractivity contribution in [2.75, 3.05) is 11.9 Å². The Balaban J connectivity index is 1.54. The number of rotatable bonds is 8. The molecule has 0 aliphatic heterocycles. The van der Waals surface area contributed by atoms with Crippen LogP contribution in [0.25, 0.3) is 16.7 Å². The highest BCUT2D eigenvalue weighted by Crippen LogP contribution is 2.27. The van der Waals surface area contributed by atoms with Crippen LogP contribution < -0.4 is 10.9 Å². The molecule has 0 saturated carbocycles. The summed E-state index contributed by atoms with van der Waals surface area (Å²) in [7, 11) is 0. The smallest absolute Gasteiger partial charge is 0.412 e. The standard InChI is InChI=1S/C23H18N6O9/c1-2-37-22(33)13-5-3-4-6-14(13)27-23(34)38-10-12-9-28(11-24-12)17-7-15-16(8-18(17)29(35)36)26-20(30)19(25-15)21(31)32/h3-9,11H,2,10H2,1H3,(H,26,30)(H,27,34)(H,31,32). The maximum atomic E-state index is 12.3. The molecular formula is C23H18N6O9. The Morgan fingerprint density at radius 3 is 2.68 bits per heavy atom. The van der Waals surface area contributed by atoms with Crippen molar-refractivity contribution in [3.05, 3.63) is 86.3 Å². The van der Waals surface area contributed by atoms with E-state index in [1.807, 2.05) is 0 Å². The molecule has 4 aromatic rings. The first-order valence-electron chi connectivity index (χ1n) is 10.9. The molecule has 1 amide bonds. The third-order valence-corrected chi connectivity index (χ3v) is 5.11. The molecule has 15 nitrogen and oxygen atoms in total. The lowest BCUT2D eigenvalue weighted by Gasteiger charge is -2.10. The van der Waals surface area contributed by atoms with E-state index in [1.165, 1.54) is 35.3 Å². The summed E-state index contributed by atoms with van der Waals surface area (Å²) >= 11 is 0. The molecule has 2 heterocycles. The van der Waals surface area contributed by atoms with Gasteiger partial charge in [0.25, 0.3) is 11.2 Å². The lowest BCUT2D eigenvalue weighted by molar-refractivity contribution is -0.384. The fourth-order valence-electron chi connectivity index (χ4n) is 3.44. The van der Waals surface area contributed by atoms with Gasteiger partial charge in [0.05, 0.1) is 45.8 Å². The number of hydrogen-bond donors (Lipinski definition) is 3. The van der Waals surface area contributed by atoms with Gasteiger partial charge >= 0.3 is 18.0 Å². The lowest BCUT2D eigenvalue weighted by Crippen LogP contribution is -2.20. The predicted octanol–water partition coefficient (Wildman–Crippen LogP) is 2.64. The summed E-state index contributed by atoms with van der Waals surface area (Å²) in [6.07, 6.45) is 1.70. The van der Waals surface area contributed by atoms with E-state index in [2.05, 4.69) is 20.3 Å². The third-order valence-electron chi connectivity index (χ3n) is 5.11. The molecule has 15 heteroatoms. The maximum absolute atomic E-state index is 12.3. The van der Waals surface area contributed by atoms with Crippen LogP contribution in [-0.4, -0.2) is 54.2 Å². The number of nitro benzene ring substituents is 1. The van der Waals surface area contributed by atoms with E-state index >= 15 is 0 Å². The number of para-hydroxylation sites is 1. The zero-order chi connectivity index (χ0) is 27.4. The van der Waals surface area contributed by atoms with Gasteiger partial charge in [0.15, 0.2) is 0 Å². The van der Waals surface area contributed by atoms with E-state index < -0.39 is 39.9 Å². The summed E-state index contributed by atoms with van der Waals surface area (Å²) < 4.78 is 11.4. The molecule has 4 rings (SSSR count). The average Bonchev–Trinajstić information content (AvgIpc) is 3.35. The quantitative estimate of drug-likeness (QED) is 0.174. The predicted molar refractivity (Wildman–Crippen MR) is 129 cm³/mol. The Hall–Kier alpha value is -5.60. The van der Waals surface area contributed by atoms with Crippen LogP contribution >= 0.6 is 0 Å². The Labute approximate surface area is 211 Å². The lowest BCUT2D eigenvalue weighted by atomic mass is 10.2. The average molecular weight is 522 g/mol. The monoisotopic (exact) mass is 522 g/mol. The Morgan fingerprint density at radius 1 is 1.21 bits per heavy atom. The Kier molecular flexibility index (Phi) is 7.09. The molecule has 0 saturated heterocycles. The van der Waals surface area contributed by atoms with Crippen molar-refractivity contribution in [3.8, 4) is 5.69 Å². The van der Waals surface area contributed by atoms with E-state index in [4.69, 9.17) is 14.6 Å². The number of nitro groups is 1. The number of carboxylic acid groups (broad SMARTS) is 1. The van der Waals surface area contributed by atoms with Crippen molar-refractivity contribution >= 4 is 40.4 Å². The summed E-state index contributed by atoms with van der Waals surface area (Å²) in [5.41, 5.74) is -1.72. The van der Waals surface area contributed by atoms with E-state index in [1.54, 1.807) is 19.1 Å². The first kappa shape index (κ1) is 25.5. The van der Waals surface area contributed by atoms with Crippen molar-refractivity contribution < 1.29 is 33.9 Å². The number of amides is 1. The maximum Gasteiger partial charge on any atom is 0.412 e. The van der Waals surface area contributed by atoms with Gasteiger partial charge in [-0.1, -0.05) is 12.1 Å². The number of carbonyl (C=O) groups excluding carboxylic acids is 2. The number of aromatic amines is 1. The van der Waals surface area contributed by atoms with Crippen molar-refractivity contribution in [2.24, 2.45) is 0 Å². The number of carbonyl (C=O) groups is 3. The summed E-state index contributed by atoms with van der Waals surface area (Å²) in [4.78, 5) is 68.6. The second-order valence-electron chi connectivity index (χ2n) is 7.57. The second-order valence-corrected chi connectivity index (χ2v) is 7.57. The van der Waals surface area contributed by atoms with Gasteiger partial charge in [-0.15, -0.1) is 0 Å². The van der Waals surface area contributed by atoms with Crippen molar-refractivity contribution in [3.63, 3.8) is 0 Å². The minimum Gasteiger partial charge on any atom is -0.476 e. The fourth-order valence-corrected chi connectivity index (χ4v) is 3.44. The molecule has 0 atom stereocenters. The zero-order valence-corrected chi connectivity index (χ0v) is 19.5. The summed E-state index contributed by atoms with van der Waals surface area (Å²) in [6.45, 7) is 1.49. The number of carboxylic acids is 1. The van der Waals surface area contributed by atoms with Crippen LogP contribution in [0.1, 0.15) is 33.5 Å². The molecule has 0 bridgehead atoms. The first-order chi connectivity index (χ1) is 18.2. The summed E-state index contributed by atoms with van der Waals surface area (Å²) in [5, 5.41) is 23.3. The van der Waals surface area contributed by atoms with E-state index in [-0.39, 0.29) is 46.9 Å². The van der Waals surface area contributed by atoms with Gasteiger partial charge in [0.2, 0.25) is 5.69 Å².